The van der Waals surface area contributed by atoms with Crippen LogP contribution in [0.1, 0.15) is 45.6 Å². The van der Waals surface area contributed by atoms with Gasteiger partial charge >= 0.3 is 0 Å². The number of halogens is 1. The lowest BCUT2D eigenvalue weighted by atomic mass is 9.70. The standard InChI is InChI=1S/C17H20ClNO/c1-16(2)12-6-7-17(16,3)15(8-12)20-13-5-4-11(10-19)14(18)9-13/h4-5,9,12,15H,6-8H2,1-3H3. The summed E-state index contributed by atoms with van der Waals surface area (Å²) >= 11 is 6.08. The molecule has 0 heterocycles. The predicted octanol–water partition coefficient (Wildman–Crippen LogP) is 4.81. The van der Waals surface area contributed by atoms with Crippen molar-refractivity contribution in [3.8, 4) is 11.8 Å². The van der Waals surface area contributed by atoms with Gasteiger partial charge in [-0.25, -0.2) is 0 Å². The number of rotatable bonds is 2. The van der Waals surface area contributed by atoms with Crippen molar-refractivity contribution in [3.63, 3.8) is 0 Å². The molecule has 1 aromatic carbocycles. The number of fused-ring (bicyclic) bond motifs is 2. The minimum Gasteiger partial charge on any atom is -0.490 e. The zero-order valence-electron chi connectivity index (χ0n) is 12.2. The molecule has 3 atom stereocenters. The maximum Gasteiger partial charge on any atom is 0.121 e. The zero-order valence-corrected chi connectivity index (χ0v) is 13.0. The summed E-state index contributed by atoms with van der Waals surface area (Å²) in [7, 11) is 0. The summed E-state index contributed by atoms with van der Waals surface area (Å²) in [6.07, 6.45) is 3.93. The first-order valence-electron chi connectivity index (χ1n) is 7.25. The summed E-state index contributed by atoms with van der Waals surface area (Å²) in [5.74, 6) is 1.54. The number of benzene rings is 1. The van der Waals surface area contributed by atoms with Gasteiger partial charge in [-0.2, -0.15) is 5.26 Å². The second kappa shape index (κ2) is 4.40. The number of hydrogen-bond acceptors (Lipinski definition) is 2. The molecule has 1 aromatic rings. The van der Waals surface area contributed by atoms with Gasteiger partial charge in [0.15, 0.2) is 0 Å². The molecular weight excluding hydrogens is 270 g/mol. The van der Waals surface area contributed by atoms with Crippen molar-refractivity contribution < 1.29 is 4.74 Å². The van der Waals surface area contributed by atoms with Crippen LogP contribution in [0.5, 0.6) is 5.75 Å². The molecule has 3 rings (SSSR count). The molecule has 0 N–H and O–H groups in total. The lowest BCUT2D eigenvalue weighted by Crippen LogP contribution is -2.38. The van der Waals surface area contributed by atoms with Crippen molar-refractivity contribution in [3.05, 3.63) is 28.8 Å². The van der Waals surface area contributed by atoms with E-state index in [-0.39, 0.29) is 11.5 Å². The van der Waals surface area contributed by atoms with Crippen molar-refractivity contribution >= 4 is 11.6 Å². The first-order valence-corrected chi connectivity index (χ1v) is 7.62. The number of ether oxygens (including phenoxy) is 1. The van der Waals surface area contributed by atoms with Gasteiger partial charge in [0.05, 0.1) is 10.6 Å². The summed E-state index contributed by atoms with van der Waals surface area (Å²) < 4.78 is 6.23. The van der Waals surface area contributed by atoms with Crippen LogP contribution in [0.3, 0.4) is 0 Å². The molecule has 0 amide bonds. The maximum atomic E-state index is 8.91. The highest BCUT2D eigenvalue weighted by molar-refractivity contribution is 6.31. The van der Waals surface area contributed by atoms with Crippen LogP contribution >= 0.6 is 11.6 Å². The molecule has 0 aliphatic heterocycles. The normalized spacial score (nSPS) is 34.0. The van der Waals surface area contributed by atoms with E-state index in [1.165, 1.54) is 12.8 Å². The van der Waals surface area contributed by atoms with Crippen molar-refractivity contribution in [2.24, 2.45) is 16.7 Å². The van der Waals surface area contributed by atoms with E-state index < -0.39 is 0 Å². The molecule has 3 unspecified atom stereocenters. The fraction of sp³-hybridized carbons (Fsp3) is 0.588. The van der Waals surface area contributed by atoms with Crippen LogP contribution in [0, 0.1) is 28.1 Å². The van der Waals surface area contributed by atoms with Gasteiger partial charge in [0.2, 0.25) is 0 Å². The smallest absolute Gasteiger partial charge is 0.121 e. The van der Waals surface area contributed by atoms with E-state index in [0.717, 1.165) is 18.1 Å². The molecule has 2 aliphatic carbocycles. The molecule has 2 saturated carbocycles. The largest absolute Gasteiger partial charge is 0.490 e. The Morgan fingerprint density at radius 1 is 1.35 bits per heavy atom. The highest BCUT2D eigenvalue weighted by atomic mass is 35.5. The molecule has 3 heteroatoms. The fourth-order valence-corrected chi connectivity index (χ4v) is 4.35. The first-order chi connectivity index (χ1) is 9.38. The van der Waals surface area contributed by atoms with Crippen molar-refractivity contribution in [2.75, 3.05) is 0 Å². The van der Waals surface area contributed by atoms with Gasteiger partial charge in [-0.15, -0.1) is 0 Å². The van der Waals surface area contributed by atoms with Crippen LogP contribution < -0.4 is 4.74 Å². The minimum atomic E-state index is 0.234. The highest BCUT2D eigenvalue weighted by Crippen LogP contribution is 2.66. The molecule has 106 valence electrons. The zero-order chi connectivity index (χ0) is 14.5. The van der Waals surface area contributed by atoms with Crippen LogP contribution in [0.25, 0.3) is 0 Å². The quantitative estimate of drug-likeness (QED) is 0.783. The topological polar surface area (TPSA) is 33.0 Å². The average Bonchev–Trinajstić information content (AvgIpc) is 2.72. The molecule has 20 heavy (non-hydrogen) atoms. The van der Waals surface area contributed by atoms with Gasteiger partial charge in [0.1, 0.15) is 17.9 Å². The Bertz CT molecular complexity index is 589. The fourth-order valence-electron chi connectivity index (χ4n) is 4.13. The van der Waals surface area contributed by atoms with Crippen LogP contribution in [-0.2, 0) is 0 Å². The minimum absolute atomic E-state index is 0.234. The monoisotopic (exact) mass is 289 g/mol. The molecule has 2 bridgehead atoms. The molecule has 0 saturated heterocycles. The maximum absolute atomic E-state index is 8.91. The third-order valence-corrected chi connectivity index (χ3v) is 6.37. The molecule has 0 radical (unpaired) electrons. The second-order valence-electron chi connectivity index (χ2n) is 6.97. The Morgan fingerprint density at radius 3 is 2.60 bits per heavy atom. The van der Waals surface area contributed by atoms with E-state index in [2.05, 4.69) is 26.8 Å². The van der Waals surface area contributed by atoms with E-state index in [4.69, 9.17) is 21.6 Å². The third-order valence-electron chi connectivity index (χ3n) is 6.05. The molecule has 0 spiro atoms. The first kappa shape index (κ1) is 13.8. The van der Waals surface area contributed by atoms with Gasteiger partial charge in [0, 0.05) is 11.5 Å². The molecule has 2 nitrogen and oxygen atoms in total. The summed E-state index contributed by atoms with van der Waals surface area (Å²) in [6, 6.07) is 7.43. The SMILES string of the molecule is CC1(C)C2CCC1(C)C(Oc1ccc(C#N)c(Cl)c1)C2. The molecular formula is C17H20ClNO. The highest BCUT2D eigenvalue weighted by Gasteiger charge is 2.62. The number of hydrogen-bond donors (Lipinski definition) is 0. The van der Waals surface area contributed by atoms with Crippen LogP contribution in [0.15, 0.2) is 18.2 Å². The third kappa shape index (κ3) is 1.76. The Labute approximate surface area is 125 Å². The summed E-state index contributed by atoms with van der Waals surface area (Å²) in [4.78, 5) is 0. The second-order valence-corrected chi connectivity index (χ2v) is 7.38. The van der Waals surface area contributed by atoms with Gasteiger partial charge in [-0.1, -0.05) is 32.4 Å². The number of nitrogens with zero attached hydrogens (tertiary/aromatic N) is 1. The van der Waals surface area contributed by atoms with E-state index >= 15 is 0 Å². The Hall–Kier alpha value is -1.20. The van der Waals surface area contributed by atoms with Gasteiger partial charge in [0.25, 0.3) is 0 Å². The summed E-state index contributed by atoms with van der Waals surface area (Å²) in [5.41, 5.74) is 1.07. The molecule has 2 fully saturated rings. The van der Waals surface area contributed by atoms with Crippen LogP contribution in [0.4, 0.5) is 0 Å². The van der Waals surface area contributed by atoms with E-state index in [1.54, 1.807) is 12.1 Å². The molecule has 0 aromatic heterocycles. The Balaban J connectivity index is 1.84. The van der Waals surface area contributed by atoms with Crippen molar-refractivity contribution in [2.45, 2.75) is 46.1 Å². The lowest BCUT2D eigenvalue weighted by molar-refractivity contribution is 0.0302. The number of nitriles is 1. The van der Waals surface area contributed by atoms with Crippen molar-refractivity contribution in [1.82, 2.24) is 0 Å². The van der Waals surface area contributed by atoms with Gasteiger partial charge in [-0.05, 0) is 42.7 Å². The van der Waals surface area contributed by atoms with E-state index in [0.29, 0.717) is 16.0 Å². The Kier molecular flexibility index (Phi) is 3.03. The van der Waals surface area contributed by atoms with Crippen molar-refractivity contribution in [1.29, 1.82) is 5.26 Å². The summed E-state index contributed by atoms with van der Waals surface area (Å²) in [6.45, 7) is 7.11. The lowest BCUT2D eigenvalue weighted by Gasteiger charge is -2.38. The predicted molar refractivity (Wildman–Crippen MR) is 79.8 cm³/mol. The Morgan fingerprint density at radius 2 is 2.10 bits per heavy atom. The average molecular weight is 290 g/mol. The van der Waals surface area contributed by atoms with E-state index in [1.807, 2.05) is 6.07 Å². The van der Waals surface area contributed by atoms with Gasteiger partial charge in [-0.3, -0.25) is 0 Å². The van der Waals surface area contributed by atoms with E-state index in [9.17, 15) is 0 Å². The van der Waals surface area contributed by atoms with Crippen LogP contribution in [-0.4, -0.2) is 6.10 Å². The summed E-state index contributed by atoms with van der Waals surface area (Å²) in [5, 5.41) is 9.38. The van der Waals surface area contributed by atoms with Gasteiger partial charge < -0.3 is 4.74 Å². The molecule has 2 aliphatic rings. The van der Waals surface area contributed by atoms with Crippen LogP contribution in [0.2, 0.25) is 5.02 Å².